The van der Waals surface area contributed by atoms with E-state index in [1.165, 1.54) is 12.4 Å². The fourth-order valence-corrected chi connectivity index (χ4v) is 1.36. The molecule has 1 heterocycles. The number of nitrogens with zero attached hydrogens (tertiary/aromatic N) is 1. The lowest BCUT2D eigenvalue weighted by atomic mass is 10.1. The minimum atomic E-state index is -2.70. The van der Waals surface area contributed by atoms with Crippen LogP contribution in [0.15, 0.2) is 18.5 Å². The molecule has 2 rings (SSSR count). The molecule has 6 heteroatoms. The SMILES string of the molecule is O=C(O)c1cc(C(F)F)cc2[nH]cnc12. The van der Waals surface area contributed by atoms with Gasteiger partial charge in [0.05, 0.1) is 17.4 Å². The summed E-state index contributed by atoms with van der Waals surface area (Å²) in [7, 11) is 0. The van der Waals surface area contributed by atoms with Crippen LogP contribution in [0.1, 0.15) is 22.3 Å². The number of hydrogen-bond donors (Lipinski definition) is 2. The van der Waals surface area contributed by atoms with Crippen molar-refractivity contribution in [3.05, 3.63) is 29.6 Å². The topological polar surface area (TPSA) is 66.0 Å². The summed E-state index contributed by atoms with van der Waals surface area (Å²) in [5, 5.41) is 8.81. The molecule has 2 aromatic rings. The van der Waals surface area contributed by atoms with Gasteiger partial charge in [0, 0.05) is 5.56 Å². The number of nitrogens with one attached hydrogen (secondary N) is 1. The first-order valence-electron chi connectivity index (χ1n) is 4.08. The molecule has 0 saturated heterocycles. The maximum atomic E-state index is 12.4. The number of aromatic nitrogens is 2. The molecule has 0 aliphatic rings. The Morgan fingerprint density at radius 2 is 2.20 bits per heavy atom. The number of aromatic amines is 1. The molecule has 0 aliphatic carbocycles. The van der Waals surface area contributed by atoms with Crippen molar-refractivity contribution in [2.24, 2.45) is 0 Å². The largest absolute Gasteiger partial charge is 0.478 e. The van der Waals surface area contributed by atoms with Gasteiger partial charge in [0.1, 0.15) is 5.52 Å². The molecule has 1 aromatic carbocycles. The molecular weight excluding hydrogens is 206 g/mol. The molecule has 15 heavy (non-hydrogen) atoms. The molecule has 78 valence electrons. The average Bonchev–Trinajstić information content (AvgIpc) is 2.62. The molecule has 4 nitrogen and oxygen atoms in total. The molecule has 0 radical (unpaired) electrons. The number of imidazole rings is 1. The summed E-state index contributed by atoms with van der Waals surface area (Å²) in [6, 6.07) is 2.13. The molecule has 0 saturated carbocycles. The normalized spacial score (nSPS) is 11.1. The third kappa shape index (κ3) is 1.54. The predicted molar refractivity (Wildman–Crippen MR) is 48.0 cm³/mol. The number of benzene rings is 1. The lowest BCUT2D eigenvalue weighted by molar-refractivity contribution is 0.0698. The minimum absolute atomic E-state index is 0.187. The van der Waals surface area contributed by atoms with Crippen LogP contribution in [0.4, 0.5) is 8.78 Å². The second-order valence-corrected chi connectivity index (χ2v) is 2.97. The summed E-state index contributed by atoms with van der Waals surface area (Å²) in [5.41, 5.74) is -0.0645. The van der Waals surface area contributed by atoms with E-state index in [4.69, 9.17) is 5.11 Å². The van der Waals surface area contributed by atoms with E-state index in [2.05, 4.69) is 9.97 Å². The number of carboxylic acid groups (broad SMARTS) is 1. The summed E-state index contributed by atoms with van der Waals surface area (Å²) >= 11 is 0. The number of aromatic carboxylic acids is 1. The highest BCUT2D eigenvalue weighted by Gasteiger charge is 2.16. The van der Waals surface area contributed by atoms with E-state index in [1.54, 1.807) is 0 Å². The van der Waals surface area contributed by atoms with E-state index in [-0.39, 0.29) is 16.6 Å². The van der Waals surface area contributed by atoms with E-state index in [9.17, 15) is 13.6 Å². The fraction of sp³-hybridized carbons (Fsp3) is 0.111. The van der Waals surface area contributed by atoms with Crippen LogP contribution >= 0.6 is 0 Å². The first-order valence-corrected chi connectivity index (χ1v) is 4.08. The first kappa shape index (κ1) is 9.57. The monoisotopic (exact) mass is 212 g/mol. The molecule has 0 atom stereocenters. The van der Waals surface area contributed by atoms with E-state index < -0.39 is 12.4 Å². The molecule has 0 unspecified atom stereocenters. The van der Waals surface area contributed by atoms with Crippen molar-refractivity contribution in [3.8, 4) is 0 Å². The van der Waals surface area contributed by atoms with Gasteiger partial charge in [-0.2, -0.15) is 0 Å². The number of halogens is 2. The number of carbonyl (C=O) groups is 1. The summed E-state index contributed by atoms with van der Waals surface area (Å²) in [6.45, 7) is 0. The number of hydrogen-bond acceptors (Lipinski definition) is 2. The van der Waals surface area contributed by atoms with Gasteiger partial charge in [-0.05, 0) is 12.1 Å². The number of fused-ring (bicyclic) bond motifs is 1. The molecule has 0 spiro atoms. The van der Waals surface area contributed by atoms with Crippen LogP contribution in [0.2, 0.25) is 0 Å². The Kier molecular flexibility index (Phi) is 2.11. The van der Waals surface area contributed by atoms with Gasteiger partial charge in [0.15, 0.2) is 0 Å². The van der Waals surface area contributed by atoms with E-state index >= 15 is 0 Å². The van der Waals surface area contributed by atoms with Crippen molar-refractivity contribution in [1.29, 1.82) is 0 Å². The van der Waals surface area contributed by atoms with Crippen LogP contribution in [0.25, 0.3) is 11.0 Å². The Balaban J connectivity index is 2.74. The summed E-state index contributed by atoms with van der Waals surface area (Å²) in [6.07, 6.45) is -1.43. The summed E-state index contributed by atoms with van der Waals surface area (Å²) in [4.78, 5) is 17.2. The van der Waals surface area contributed by atoms with E-state index in [1.807, 2.05) is 0 Å². The fourth-order valence-electron chi connectivity index (χ4n) is 1.36. The second kappa shape index (κ2) is 3.30. The zero-order valence-electron chi connectivity index (χ0n) is 7.37. The highest BCUT2D eigenvalue weighted by atomic mass is 19.3. The summed E-state index contributed by atoms with van der Waals surface area (Å²) in [5.74, 6) is -1.27. The smallest absolute Gasteiger partial charge is 0.337 e. The van der Waals surface area contributed by atoms with Gasteiger partial charge < -0.3 is 10.1 Å². The van der Waals surface area contributed by atoms with Gasteiger partial charge in [0.2, 0.25) is 0 Å². The lowest BCUT2D eigenvalue weighted by Crippen LogP contribution is -1.99. The molecule has 2 N–H and O–H groups in total. The molecule has 1 aromatic heterocycles. The van der Waals surface area contributed by atoms with Crippen LogP contribution in [-0.4, -0.2) is 21.0 Å². The zero-order valence-corrected chi connectivity index (χ0v) is 7.37. The number of alkyl halides is 2. The van der Waals surface area contributed by atoms with Crippen molar-refractivity contribution in [1.82, 2.24) is 9.97 Å². The van der Waals surface area contributed by atoms with Crippen LogP contribution in [0.3, 0.4) is 0 Å². The molecule has 0 bridgehead atoms. The van der Waals surface area contributed by atoms with Crippen LogP contribution in [0.5, 0.6) is 0 Å². The number of rotatable bonds is 2. The van der Waals surface area contributed by atoms with Gasteiger partial charge in [-0.1, -0.05) is 0 Å². The third-order valence-electron chi connectivity index (χ3n) is 2.03. The Labute approximate surface area is 82.6 Å². The van der Waals surface area contributed by atoms with Gasteiger partial charge in [-0.15, -0.1) is 0 Å². The molecule has 0 fully saturated rings. The standard InChI is InChI=1S/C9H6F2N2O2/c10-8(11)4-1-5(9(14)15)7-6(2-4)12-3-13-7/h1-3,8H,(H,12,13)(H,14,15). The average molecular weight is 212 g/mol. The second-order valence-electron chi connectivity index (χ2n) is 2.97. The Hall–Kier alpha value is -1.98. The number of H-pyrrole nitrogens is 1. The Morgan fingerprint density at radius 1 is 1.47 bits per heavy atom. The van der Waals surface area contributed by atoms with Gasteiger partial charge in [0.25, 0.3) is 6.43 Å². The lowest BCUT2D eigenvalue weighted by Gasteiger charge is -2.02. The number of carboxylic acids is 1. The summed E-state index contributed by atoms with van der Waals surface area (Å²) < 4.78 is 24.8. The van der Waals surface area contributed by atoms with Gasteiger partial charge in [-0.3, -0.25) is 0 Å². The highest BCUT2D eigenvalue weighted by Crippen LogP contribution is 2.25. The molecule has 0 amide bonds. The third-order valence-corrected chi connectivity index (χ3v) is 2.03. The van der Waals surface area contributed by atoms with Crippen molar-refractivity contribution < 1.29 is 18.7 Å². The Morgan fingerprint density at radius 3 is 2.80 bits per heavy atom. The molecular formula is C9H6F2N2O2. The first-order chi connectivity index (χ1) is 7.09. The predicted octanol–water partition coefficient (Wildman–Crippen LogP) is 2.20. The quantitative estimate of drug-likeness (QED) is 0.801. The van der Waals surface area contributed by atoms with Crippen LogP contribution in [-0.2, 0) is 0 Å². The maximum absolute atomic E-state index is 12.4. The van der Waals surface area contributed by atoms with E-state index in [0.29, 0.717) is 5.52 Å². The van der Waals surface area contributed by atoms with Crippen molar-refractivity contribution in [2.45, 2.75) is 6.43 Å². The van der Waals surface area contributed by atoms with Crippen LogP contribution < -0.4 is 0 Å². The maximum Gasteiger partial charge on any atom is 0.337 e. The molecule has 0 aliphatic heterocycles. The van der Waals surface area contributed by atoms with Gasteiger partial charge >= 0.3 is 5.97 Å². The van der Waals surface area contributed by atoms with Crippen LogP contribution in [0, 0.1) is 0 Å². The van der Waals surface area contributed by atoms with E-state index in [0.717, 1.165) is 6.07 Å². The van der Waals surface area contributed by atoms with Crippen molar-refractivity contribution in [3.63, 3.8) is 0 Å². The van der Waals surface area contributed by atoms with Crippen molar-refractivity contribution in [2.75, 3.05) is 0 Å². The zero-order chi connectivity index (χ0) is 11.0. The Bertz CT molecular complexity index is 522. The van der Waals surface area contributed by atoms with Crippen molar-refractivity contribution >= 4 is 17.0 Å². The highest BCUT2D eigenvalue weighted by molar-refractivity contribution is 6.01. The van der Waals surface area contributed by atoms with Gasteiger partial charge in [-0.25, -0.2) is 18.6 Å². The minimum Gasteiger partial charge on any atom is -0.478 e.